The maximum atomic E-state index is 11.9. The summed E-state index contributed by atoms with van der Waals surface area (Å²) in [5.41, 5.74) is 8.75. The molecule has 0 heterocycles. The highest BCUT2D eigenvalue weighted by molar-refractivity contribution is 5.95. The molecule has 0 aliphatic carbocycles. The number of anilines is 1. The number of hydrogen-bond donors (Lipinski definition) is 2. The third-order valence-electron chi connectivity index (χ3n) is 2.69. The van der Waals surface area contributed by atoms with Crippen LogP contribution in [0.5, 0.6) is 0 Å². The fraction of sp³-hybridized carbons (Fsp3) is 0.500. The molecule has 0 saturated heterocycles. The van der Waals surface area contributed by atoms with E-state index in [0.717, 1.165) is 23.4 Å². The van der Waals surface area contributed by atoms with Gasteiger partial charge in [-0.25, -0.2) is 0 Å². The second kappa shape index (κ2) is 10.8. The summed E-state index contributed by atoms with van der Waals surface area (Å²) in [5.74, 6) is -0.231. The van der Waals surface area contributed by atoms with Crippen LogP contribution in [0.4, 0.5) is 5.69 Å². The van der Waals surface area contributed by atoms with E-state index in [1.807, 2.05) is 33.2 Å². The molecule has 1 aromatic carbocycles. The number of amides is 1. The van der Waals surface area contributed by atoms with Gasteiger partial charge in [0.05, 0.1) is 6.61 Å². The summed E-state index contributed by atoms with van der Waals surface area (Å²) in [5, 5.41) is 2.86. The Morgan fingerprint density at radius 1 is 1.38 bits per heavy atom. The molecule has 1 rings (SSSR count). The molecule has 1 aromatic rings. The van der Waals surface area contributed by atoms with E-state index in [4.69, 9.17) is 10.5 Å². The standard InChI is InChI=1S/C14H23N3O2.2ClH/c1-10-5-6-13(11(7-10)8-17(2)3)16-14(18)12(15)9-19-4;;/h5-7,12H,8-9,15H2,1-4H3,(H,16,18);2*1H. The maximum Gasteiger partial charge on any atom is 0.243 e. The van der Waals surface area contributed by atoms with Gasteiger partial charge in [0.2, 0.25) is 5.91 Å². The second-order valence-electron chi connectivity index (χ2n) is 4.95. The van der Waals surface area contributed by atoms with Crippen molar-refractivity contribution in [3.05, 3.63) is 29.3 Å². The summed E-state index contributed by atoms with van der Waals surface area (Å²) in [6, 6.07) is 5.29. The smallest absolute Gasteiger partial charge is 0.243 e. The molecule has 7 heteroatoms. The van der Waals surface area contributed by atoms with E-state index in [-0.39, 0.29) is 37.3 Å². The molecular weight excluding hydrogens is 313 g/mol. The highest BCUT2D eigenvalue weighted by Crippen LogP contribution is 2.18. The Bertz CT molecular complexity index is 442. The summed E-state index contributed by atoms with van der Waals surface area (Å²) >= 11 is 0. The number of benzene rings is 1. The largest absolute Gasteiger partial charge is 0.383 e. The molecule has 0 aliphatic rings. The highest BCUT2D eigenvalue weighted by Gasteiger charge is 2.15. The number of carbonyl (C=O) groups excluding carboxylic acids is 1. The Kier molecular flexibility index (Phi) is 11.6. The lowest BCUT2D eigenvalue weighted by Gasteiger charge is -2.17. The topological polar surface area (TPSA) is 67.6 Å². The first kappa shape index (κ1) is 22.4. The summed E-state index contributed by atoms with van der Waals surface area (Å²) in [4.78, 5) is 14.0. The van der Waals surface area contributed by atoms with Crippen molar-refractivity contribution in [2.24, 2.45) is 5.73 Å². The fourth-order valence-electron chi connectivity index (χ4n) is 1.80. The molecular formula is C14H25Cl2N3O2. The van der Waals surface area contributed by atoms with Crippen molar-refractivity contribution in [2.75, 3.05) is 33.1 Å². The van der Waals surface area contributed by atoms with E-state index in [1.54, 1.807) is 0 Å². The van der Waals surface area contributed by atoms with E-state index < -0.39 is 6.04 Å². The number of hydrogen-bond acceptors (Lipinski definition) is 4. The predicted octanol–water partition coefficient (Wildman–Crippen LogP) is 1.81. The lowest BCUT2D eigenvalue weighted by Crippen LogP contribution is -2.39. The number of nitrogens with zero attached hydrogens (tertiary/aromatic N) is 1. The summed E-state index contributed by atoms with van der Waals surface area (Å²) in [6.07, 6.45) is 0. The Balaban J connectivity index is 0. The molecule has 21 heavy (non-hydrogen) atoms. The molecule has 0 bridgehead atoms. The maximum absolute atomic E-state index is 11.9. The van der Waals surface area contributed by atoms with Gasteiger partial charge in [-0.2, -0.15) is 0 Å². The number of halogens is 2. The van der Waals surface area contributed by atoms with Gasteiger partial charge in [0.25, 0.3) is 0 Å². The fourth-order valence-corrected chi connectivity index (χ4v) is 1.80. The first-order valence-electron chi connectivity index (χ1n) is 6.23. The molecule has 3 N–H and O–H groups in total. The van der Waals surface area contributed by atoms with Crippen LogP contribution in [0, 0.1) is 6.92 Å². The molecule has 122 valence electrons. The lowest BCUT2D eigenvalue weighted by atomic mass is 10.1. The molecule has 0 fully saturated rings. The number of nitrogens with one attached hydrogen (secondary N) is 1. The first-order valence-corrected chi connectivity index (χ1v) is 6.23. The van der Waals surface area contributed by atoms with E-state index in [9.17, 15) is 4.79 Å². The molecule has 5 nitrogen and oxygen atoms in total. The molecule has 1 amide bonds. The van der Waals surface area contributed by atoms with E-state index >= 15 is 0 Å². The zero-order valence-electron chi connectivity index (χ0n) is 12.9. The monoisotopic (exact) mass is 337 g/mol. The van der Waals surface area contributed by atoms with Crippen molar-refractivity contribution in [2.45, 2.75) is 19.5 Å². The molecule has 0 spiro atoms. The Morgan fingerprint density at radius 3 is 2.52 bits per heavy atom. The van der Waals surface area contributed by atoms with E-state index in [0.29, 0.717) is 0 Å². The van der Waals surface area contributed by atoms with E-state index in [2.05, 4.69) is 16.3 Å². The summed E-state index contributed by atoms with van der Waals surface area (Å²) in [6.45, 7) is 3.00. The van der Waals surface area contributed by atoms with Crippen LogP contribution in [-0.2, 0) is 16.1 Å². The van der Waals surface area contributed by atoms with Gasteiger partial charge in [0.15, 0.2) is 0 Å². The minimum absolute atomic E-state index is 0. The lowest BCUT2D eigenvalue weighted by molar-refractivity contribution is -0.118. The minimum Gasteiger partial charge on any atom is -0.383 e. The van der Waals surface area contributed by atoms with Crippen molar-refractivity contribution in [1.29, 1.82) is 0 Å². The number of nitrogens with two attached hydrogens (primary N) is 1. The highest BCUT2D eigenvalue weighted by atomic mass is 35.5. The van der Waals surface area contributed by atoms with Crippen LogP contribution in [0.2, 0.25) is 0 Å². The van der Waals surface area contributed by atoms with Crippen molar-refractivity contribution in [3.63, 3.8) is 0 Å². The number of aryl methyl sites for hydroxylation is 1. The summed E-state index contributed by atoms with van der Waals surface area (Å²) in [7, 11) is 5.51. The Morgan fingerprint density at radius 2 is 2.00 bits per heavy atom. The van der Waals surface area contributed by atoms with Crippen LogP contribution in [0.25, 0.3) is 0 Å². The zero-order chi connectivity index (χ0) is 14.4. The Hall–Kier alpha value is -0.850. The van der Waals surface area contributed by atoms with Crippen LogP contribution < -0.4 is 11.1 Å². The van der Waals surface area contributed by atoms with Crippen molar-refractivity contribution >= 4 is 36.4 Å². The molecule has 0 aliphatic heterocycles. The molecule has 0 radical (unpaired) electrons. The quantitative estimate of drug-likeness (QED) is 0.830. The second-order valence-corrected chi connectivity index (χ2v) is 4.95. The zero-order valence-corrected chi connectivity index (χ0v) is 14.5. The third kappa shape index (κ3) is 7.64. The minimum atomic E-state index is -0.654. The normalized spacial score (nSPS) is 11.3. The van der Waals surface area contributed by atoms with Gasteiger partial charge < -0.3 is 20.7 Å². The first-order chi connectivity index (χ1) is 8.93. The SMILES string of the molecule is COCC(N)C(=O)Nc1ccc(C)cc1CN(C)C.Cl.Cl. The number of rotatable bonds is 6. The van der Waals surface area contributed by atoms with Crippen LogP contribution in [0.15, 0.2) is 18.2 Å². The van der Waals surface area contributed by atoms with Crippen molar-refractivity contribution in [1.82, 2.24) is 4.90 Å². The van der Waals surface area contributed by atoms with Crippen molar-refractivity contribution < 1.29 is 9.53 Å². The third-order valence-corrected chi connectivity index (χ3v) is 2.69. The van der Waals surface area contributed by atoms with Gasteiger partial charge in [0.1, 0.15) is 6.04 Å². The van der Waals surface area contributed by atoms with Crippen LogP contribution in [0.1, 0.15) is 11.1 Å². The predicted molar refractivity (Wildman–Crippen MR) is 91.5 cm³/mol. The molecule has 1 atom stereocenters. The van der Waals surface area contributed by atoms with Gasteiger partial charge in [-0.15, -0.1) is 24.8 Å². The number of ether oxygens (including phenoxy) is 1. The average molecular weight is 338 g/mol. The van der Waals surface area contributed by atoms with E-state index in [1.165, 1.54) is 7.11 Å². The number of carbonyl (C=O) groups is 1. The Labute approximate surface area is 139 Å². The molecule has 0 aromatic heterocycles. The van der Waals surface area contributed by atoms with Crippen LogP contribution in [0.3, 0.4) is 0 Å². The van der Waals surface area contributed by atoms with Crippen LogP contribution >= 0.6 is 24.8 Å². The van der Waals surface area contributed by atoms with Gasteiger partial charge in [-0.1, -0.05) is 17.7 Å². The van der Waals surface area contributed by atoms with Gasteiger partial charge >= 0.3 is 0 Å². The van der Waals surface area contributed by atoms with Gasteiger partial charge in [-0.05, 0) is 32.6 Å². The van der Waals surface area contributed by atoms with Gasteiger partial charge in [-0.3, -0.25) is 4.79 Å². The van der Waals surface area contributed by atoms with Gasteiger partial charge in [0, 0.05) is 19.3 Å². The van der Waals surface area contributed by atoms with Crippen LogP contribution in [-0.4, -0.2) is 44.7 Å². The molecule has 1 unspecified atom stereocenters. The molecule has 0 saturated carbocycles. The number of methoxy groups -OCH3 is 1. The average Bonchev–Trinajstić information content (AvgIpc) is 2.32. The van der Waals surface area contributed by atoms with Crippen molar-refractivity contribution in [3.8, 4) is 0 Å². The summed E-state index contributed by atoms with van der Waals surface area (Å²) < 4.78 is 4.88.